The molecule has 0 bridgehead atoms. The van der Waals surface area contributed by atoms with Gasteiger partial charge in [0.15, 0.2) is 0 Å². The van der Waals surface area contributed by atoms with Crippen molar-refractivity contribution in [2.24, 2.45) is 0 Å². The van der Waals surface area contributed by atoms with E-state index in [1.807, 2.05) is 12.3 Å². The van der Waals surface area contributed by atoms with Gasteiger partial charge in [-0.15, -0.1) is 0 Å². The number of rotatable bonds is 2. The second kappa shape index (κ2) is 3.96. The minimum Gasteiger partial charge on any atom is -0.392 e. The second-order valence-corrected chi connectivity index (χ2v) is 3.85. The lowest BCUT2D eigenvalue weighted by Gasteiger charge is -2.25. The zero-order chi connectivity index (χ0) is 9.97. The van der Waals surface area contributed by atoms with E-state index in [4.69, 9.17) is 0 Å². The normalized spacial score (nSPS) is 21.6. The van der Waals surface area contributed by atoms with Crippen LogP contribution in [0.2, 0.25) is 0 Å². The number of nitrogens with zero attached hydrogens (tertiary/aromatic N) is 2. The minimum absolute atomic E-state index is 0.0983. The lowest BCUT2D eigenvalue weighted by Crippen LogP contribution is -2.27. The fourth-order valence-corrected chi connectivity index (χ4v) is 2.10. The van der Waals surface area contributed by atoms with E-state index in [2.05, 4.69) is 16.8 Å². The van der Waals surface area contributed by atoms with Crippen LogP contribution in [0.1, 0.15) is 25.3 Å². The Bertz CT molecular complexity index is 314. The van der Waals surface area contributed by atoms with Crippen molar-refractivity contribution in [3.63, 3.8) is 0 Å². The predicted molar refractivity (Wildman–Crippen MR) is 56.2 cm³/mol. The highest BCUT2D eigenvalue weighted by atomic mass is 16.3. The Kier molecular flexibility index (Phi) is 2.68. The first kappa shape index (κ1) is 9.46. The van der Waals surface area contributed by atoms with Gasteiger partial charge in [-0.3, -0.25) is 4.98 Å². The highest BCUT2D eigenvalue weighted by molar-refractivity contribution is 5.52. The van der Waals surface area contributed by atoms with Crippen molar-refractivity contribution in [3.05, 3.63) is 24.0 Å². The molecule has 0 spiro atoms. The largest absolute Gasteiger partial charge is 0.392 e. The van der Waals surface area contributed by atoms with E-state index in [0.29, 0.717) is 6.04 Å². The van der Waals surface area contributed by atoms with Gasteiger partial charge in [0.05, 0.1) is 18.5 Å². The van der Waals surface area contributed by atoms with Crippen molar-refractivity contribution in [2.45, 2.75) is 32.4 Å². The molecule has 0 radical (unpaired) electrons. The number of pyridine rings is 1. The smallest absolute Gasteiger partial charge is 0.0703 e. The molecule has 0 saturated carbocycles. The van der Waals surface area contributed by atoms with Gasteiger partial charge in [-0.05, 0) is 25.8 Å². The maximum absolute atomic E-state index is 9.21. The first-order valence-electron chi connectivity index (χ1n) is 5.13. The molecular weight excluding hydrogens is 176 g/mol. The Balaban J connectivity index is 2.30. The molecule has 1 unspecified atom stereocenters. The molecular formula is C11H16N2O. The second-order valence-electron chi connectivity index (χ2n) is 3.85. The summed E-state index contributed by atoms with van der Waals surface area (Å²) in [5, 5.41) is 9.21. The van der Waals surface area contributed by atoms with E-state index in [1.54, 1.807) is 6.20 Å². The molecule has 1 saturated heterocycles. The highest BCUT2D eigenvalue weighted by Gasteiger charge is 2.22. The van der Waals surface area contributed by atoms with Gasteiger partial charge in [0.2, 0.25) is 0 Å². The number of anilines is 1. The highest BCUT2D eigenvalue weighted by Crippen LogP contribution is 2.27. The van der Waals surface area contributed by atoms with Crippen molar-refractivity contribution in [1.29, 1.82) is 0 Å². The van der Waals surface area contributed by atoms with Crippen LogP contribution in [0.25, 0.3) is 0 Å². The summed E-state index contributed by atoms with van der Waals surface area (Å²) < 4.78 is 0. The summed E-state index contributed by atoms with van der Waals surface area (Å²) in [7, 11) is 0. The molecule has 0 aliphatic carbocycles. The molecule has 1 fully saturated rings. The van der Waals surface area contributed by atoms with Gasteiger partial charge in [-0.1, -0.05) is 0 Å². The third kappa shape index (κ3) is 1.60. The Hall–Kier alpha value is -1.09. The maximum atomic E-state index is 9.21. The molecule has 1 aliphatic heterocycles. The molecule has 3 heteroatoms. The molecule has 14 heavy (non-hydrogen) atoms. The van der Waals surface area contributed by atoms with E-state index in [0.717, 1.165) is 17.8 Å². The average molecular weight is 192 g/mol. The van der Waals surface area contributed by atoms with Crippen LogP contribution in [0.15, 0.2) is 18.5 Å². The summed E-state index contributed by atoms with van der Waals surface area (Å²) >= 11 is 0. The van der Waals surface area contributed by atoms with Crippen molar-refractivity contribution in [1.82, 2.24) is 4.98 Å². The fourth-order valence-electron chi connectivity index (χ4n) is 2.10. The monoisotopic (exact) mass is 192 g/mol. The van der Waals surface area contributed by atoms with Crippen LogP contribution >= 0.6 is 0 Å². The minimum atomic E-state index is 0.0983. The van der Waals surface area contributed by atoms with E-state index in [1.165, 1.54) is 12.8 Å². The Morgan fingerprint density at radius 1 is 1.64 bits per heavy atom. The summed E-state index contributed by atoms with van der Waals surface area (Å²) in [6, 6.07) is 2.46. The molecule has 2 heterocycles. The molecule has 0 aromatic carbocycles. The van der Waals surface area contributed by atoms with E-state index < -0.39 is 0 Å². The lowest BCUT2D eigenvalue weighted by atomic mass is 10.2. The summed E-state index contributed by atoms with van der Waals surface area (Å²) in [6.45, 7) is 3.40. The van der Waals surface area contributed by atoms with Gasteiger partial charge in [-0.2, -0.15) is 0 Å². The van der Waals surface area contributed by atoms with Crippen LogP contribution in [0.3, 0.4) is 0 Å². The summed E-state index contributed by atoms with van der Waals surface area (Å²) in [5.41, 5.74) is 2.08. The lowest BCUT2D eigenvalue weighted by molar-refractivity contribution is 0.282. The molecule has 3 nitrogen and oxygen atoms in total. The summed E-state index contributed by atoms with van der Waals surface area (Å²) in [6.07, 6.45) is 6.06. The van der Waals surface area contributed by atoms with E-state index >= 15 is 0 Å². The van der Waals surface area contributed by atoms with Crippen molar-refractivity contribution >= 4 is 5.69 Å². The summed E-state index contributed by atoms with van der Waals surface area (Å²) in [5.74, 6) is 0. The third-order valence-electron chi connectivity index (χ3n) is 2.92. The van der Waals surface area contributed by atoms with Gasteiger partial charge in [0.25, 0.3) is 0 Å². The van der Waals surface area contributed by atoms with Gasteiger partial charge < -0.3 is 10.0 Å². The zero-order valence-corrected chi connectivity index (χ0v) is 8.48. The Morgan fingerprint density at radius 2 is 2.50 bits per heavy atom. The molecule has 76 valence electrons. The van der Waals surface area contributed by atoms with Crippen LogP contribution in [0.5, 0.6) is 0 Å². The Morgan fingerprint density at radius 3 is 3.14 bits per heavy atom. The Labute approximate surface area is 84.4 Å². The van der Waals surface area contributed by atoms with Crippen molar-refractivity contribution < 1.29 is 5.11 Å². The van der Waals surface area contributed by atoms with Crippen LogP contribution in [-0.2, 0) is 6.61 Å². The topological polar surface area (TPSA) is 36.4 Å². The first-order valence-corrected chi connectivity index (χ1v) is 5.13. The predicted octanol–water partition coefficient (Wildman–Crippen LogP) is 1.56. The molecule has 1 aromatic rings. The first-order chi connectivity index (χ1) is 6.83. The number of aliphatic hydroxyl groups excluding tert-OH is 1. The quantitative estimate of drug-likeness (QED) is 0.772. The number of aromatic nitrogens is 1. The van der Waals surface area contributed by atoms with Crippen molar-refractivity contribution in [2.75, 3.05) is 11.4 Å². The van der Waals surface area contributed by atoms with Gasteiger partial charge in [0, 0.05) is 24.3 Å². The van der Waals surface area contributed by atoms with Crippen LogP contribution in [0, 0.1) is 0 Å². The molecule has 1 aliphatic rings. The van der Waals surface area contributed by atoms with Crippen LogP contribution in [-0.4, -0.2) is 22.7 Å². The molecule has 1 aromatic heterocycles. The molecule has 0 amide bonds. The number of hydrogen-bond donors (Lipinski definition) is 1. The fraction of sp³-hybridized carbons (Fsp3) is 0.545. The molecule has 1 N–H and O–H groups in total. The van der Waals surface area contributed by atoms with Crippen LogP contribution < -0.4 is 4.90 Å². The van der Waals surface area contributed by atoms with Gasteiger partial charge >= 0.3 is 0 Å². The third-order valence-corrected chi connectivity index (χ3v) is 2.92. The SMILES string of the molecule is CC1CCCN1c1cnccc1CO. The van der Waals surface area contributed by atoms with Crippen molar-refractivity contribution in [3.8, 4) is 0 Å². The number of aliphatic hydroxyl groups is 1. The summed E-state index contributed by atoms with van der Waals surface area (Å²) in [4.78, 5) is 6.45. The van der Waals surface area contributed by atoms with Crippen LogP contribution in [0.4, 0.5) is 5.69 Å². The van der Waals surface area contributed by atoms with E-state index in [-0.39, 0.29) is 6.61 Å². The van der Waals surface area contributed by atoms with Gasteiger partial charge in [-0.25, -0.2) is 0 Å². The average Bonchev–Trinajstić information content (AvgIpc) is 2.64. The maximum Gasteiger partial charge on any atom is 0.0703 e. The number of hydrogen-bond acceptors (Lipinski definition) is 3. The standard InChI is InChI=1S/C11H16N2O/c1-9-3-2-6-13(9)11-7-12-5-4-10(11)8-14/h4-5,7,9,14H,2-3,6,8H2,1H3. The molecule has 2 rings (SSSR count). The molecule has 1 atom stereocenters. The van der Waals surface area contributed by atoms with E-state index in [9.17, 15) is 5.11 Å². The zero-order valence-electron chi connectivity index (χ0n) is 8.48. The van der Waals surface area contributed by atoms with Gasteiger partial charge in [0.1, 0.15) is 0 Å².